The van der Waals surface area contributed by atoms with Crippen LogP contribution in [0.4, 0.5) is 0 Å². The number of hydrogen-bond acceptors (Lipinski definition) is 9. The van der Waals surface area contributed by atoms with Gasteiger partial charge in [-0.15, -0.1) is 0 Å². The largest absolute Gasteiger partial charge is 0.493 e. The first-order chi connectivity index (χ1) is 24.5. The predicted octanol–water partition coefficient (Wildman–Crippen LogP) is 3.54. The molecule has 4 atom stereocenters. The monoisotopic (exact) mass is 726 g/mol. The van der Waals surface area contributed by atoms with Crippen molar-refractivity contribution in [2.75, 3.05) is 19.7 Å². The summed E-state index contributed by atoms with van der Waals surface area (Å²) < 4.78 is 17.8. The maximum atomic E-state index is 14.6. The topological polar surface area (TPSA) is 169 Å². The van der Waals surface area contributed by atoms with Crippen LogP contribution < -0.4 is 20.7 Å². The second-order valence-corrected chi connectivity index (χ2v) is 15.9. The summed E-state index contributed by atoms with van der Waals surface area (Å²) in [5, 5.41) is 8.27. The normalized spacial score (nSPS) is 23.5. The molecule has 4 bridgehead atoms. The molecule has 52 heavy (non-hydrogen) atoms. The molecule has 1 aromatic rings. The number of carbonyl (C=O) groups is 6. The Bertz CT molecular complexity index is 1450. The molecule has 1 aromatic carbocycles. The summed E-state index contributed by atoms with van der Waals surface area (Å²) in [5.41, 5.74) is -0.584. The Kier molecular flexibility index (Phi) is 14.2. The fraction of sp³-hybridized carbons (Fsp3) is 0.692. The number of hydrogen-bond donors (Lipinski definition) is 3. The van der Waals surface area contributed by atoms with Crippen LogP contribution in [0.2, 0.25) is 0 Å². The summed E-state index contributed by atoms with van der Waals surface area (Å²) >= 11 is 0. The molecular weight excluding hydrogens is 668 g/mol. The van der Waals surface area contributed by atoms with E-state index in [1.807, 2.05) is 45.0 Å². The van der Waals surface area contributed by atoms with E-state index in [0.29, 0.717) is 25.2 Å². The molecule has 1 unspecified atom stereocenters. The lowest BCUT2D eigenvalue weighted by molar-refractivity contribution is -0.154. The van der Waals surface area contributed by atoms with Gasteiger partial charge in [0.05, 0.1) is 37.2 Å². The molecule has 1 saturated carbocycles. The molecule has 0 aromatic heterocycles. The van der Waals surface area contributed by atoms with Crippen LogP contribution in [0.5, 0.6) is 5.75 Å². The second-order valence-electron chi connectivity index (χ2n) is 15.9. The van der Waals surface area contributed by atoms with E-state index in [0.717, 1.165) is 37.7 Å². The second kappa shape index (κ2) is 18.2. The van der Waals surface area contributed by atoms with Crippen molar-refractivity contribution in [2.24, 2.45) is 5.92 Å². The van der Waals surface area contributed by atoms with Crippen LogP contribution in [0.3, 0.4) is 0 Å². The van der Waals surface area contributed by atoms with Crippen molar-refractivity contribution in [2.45, 2.75) is 148 Å². The van der Waals surface area contributed by atoms with Gasteiger partial charge < -0.3 is 35.1 Å². The van der Waals surface area contributed by atoms with Crippen LogP contribution in [0.15, 0.2) is 24.3 Å². The minimum atomic E-state index is -1.14. The standard InChI is InChI=1S/C39H58N4O9/c1-7-12-29(34(46)36(48)40-19-17-32(45)52-38(2,3)4)41-35(47)30-23-28-24-43(30)37(49)33(26-14-9-8-10-15-26)42-31(44)22-25-13-11-16-27(21-25)50-20-18-39(5,6)51-28/h11,13,16,21,26,28-30,33H,7-10,12,14-15,17-20,22-24H2,1-6H3,(H,40,48)(H,41,47)(H,42,44)/t28-,29?,30+,33+/m1/s1. The molecular formula is C39H58N4O9. The summed E-state index contributed by atoms with van der Waals surface area (Å²) in [4.78, 5) is 82.0. The number of ketones is 1. The van der Waals surface area contributed by atoms with Crippen molar-refractivity contribution in [1.82, 2.24) is 20.9 Å². The number of Topliss-reactive ketones (excluding diaryl/α,β-unsaturated/α-hetero) is 1. The van der Waals surface area contributed by atoms with E-state index in [-0.39, 0.29) is 56.5 Å². The Morgan fingerprint density at radius 3 is 2.52 bits per heavy atom. The lowest BCUT2D eigenvalue weighted by Gasteiger charge is -2.35. The number of benzene rings is 1. The quantitative estimate of drug-likeness (QED) is 0.241. The van der Waals surface area contributed by atoms with Gasteiger partial charge in [-0.25, -0.2) is 0 Å². The Balaban J connectivity index is 1.55. The average molecular weight is 727 g/mol. The lowest BCUT2D eigenvalue weighted by Crippen LogP contribution is -2.58. The van der Waals surface area contributed by atoms with E-state index in [4.69, 9.17) is 14.2 Å². The van der Waals surface area contributed by atoms with Gasteiger partial charge in [-0.3, -0.25) is 28.8 Å². The van der Waals surface area contributed by atoms with Crippen LogP contribution >= 0.6 is 0 Å². The first kappa shape index (κ1) is 40.8. The molecule has 0 spiro atoms. The van der Waals surface area contributed by atoms with Crippen LogP contribution in [-0.2, 0) is 44.7 Å². The van der Waals surface area contributed by atoms with Crippen LogP contribution in [0, 0.1) is 5.92 Å². The number of carbonyl (C=O) groups excluding carboxylic acids is 6. The average Bonchev–Trinajstić information content (AvgIpc) is 3.48. The molecule has 2 fully saturated rings. The highest BCUT2D eigenvalue weighted by Gasteiger charge is 2.46. The number of rotatable bonds is 10. The number of fused-ring (bicyclic) bond motifs is 4. The number of nitrogens with zero attached hydrogens (tertiary/aromatic N) is 1. The van der Waals surface area contributed by atoms with Gasteiger partial charge in [-0.05, 0) is 77.5 Å². The Morgan fingerprint density at radius 1 is 1.10 bits per heavy atom. The molecule has 4 rings (SSSR count). The van der Waals surface area contributed by atoms with E-state index in [9.17, 15) is 28.8 Å². The highest BCUT2D eigenvalue weighted by Crippen LogP contribution is 2.32. The maximum Gasteiger partial charge on any atom is 0.308 e. The lowest BCUT2D eigenvalue weighted by atomic mass is 9.83. The van der Waals surface area contributed by atoms with E-state index in [1.54, 1.807) is 20.8 Å². The van der Waals surface area contributed by atoms with Crippen molar-refractivity contribution in [1.29, 1.82) is 0 Å². The number of amides is 4. The fourth-order valence-corrected chi connectivity index (χ4v) is 7.22. The van der Waals surface area contributed by atoms with Gasteiger partial charge >= 0.3 is 5.97 Å². The SMILES string of the molecule is CCCC(NC(=O)[C@@H]1C[C@@H]2CN1C(=O)[C@H](C1CCCCC1)NC(=O)Cc1cccc(c1)OCCC(C)(C)O2)C(=O)C(=O)NCCC(=O)OC(C)(C)C. The van der Waals surface area contributed by atoms with Gasteiger partial charge in [-0.2, -0.15) is 0 Å². The minimum Gasteiger partial charge on any atom is -0.493 e. The first-order valence-corrected chi connectivity index (χ1v) is 18.9. The van der Waals surface area contributed by atoms with E-state index in [2.05, 4.69) is 16.0 Å². The Labute approximate surface area is 307 Å². The van der Waals surface area contributed by atoms with Gasteiger partial charge in [0.2, 0.25) is 23.5 Å². The highest BCUT2D eigenvalue weighted by molar-refractivity contribution is 6.38. The molecule has 3 N–H and O–H groups in total. The molecule has 0 radical (unpaired) electrons. The number of ether oxygens (including phenoxy) is 3. The minimum absolute atomic E-state index is 0.0650. The Morgan fingerprint density at radius 2 is 1.83 bits per heavy atom. The Hall–Kier alpha value is -4.00. The van der Waals surface area contributed by atoms with Crippen LogP contribution in [0.25, 0.3) is 0 Å². The predicted molar refractivity (Wildman–Crippen MR) is 193 cm³/mol. The van der Waals surface area contributed by atoms with Gasteiger partial charge in [0.25, 0.3) is 5.91 Å². The van der Waals surface area contributed by atoms with Gasteiger partial charge in [0.15, 0.2) is 0 Å². The molecule has 13 nitrogen and oxygen atoms in total. The number of nitrogens with one attached hydrogen (secondary N) is 3. The molecule has 288 valence electrons. The van der Waals surface area contributed by atoms with Crippen molar-refractivity contribution in [3.05, 3.63) is 29.8 Å². The van der Waals surface area contributed by atoms with Crippen molar-refractivity contribution in [3.8, 4) is 5.75 Å². The van der Waals surface area contributed by atoms with Gasteiger partial charge in [0, 0.05) is 25.9 Å². The molecule has 1 aliphatic carbocycles. The van der Waals surface area contributed by atoms with E-state index < -0.39 is 59.0 Å². The summed E-state index contributed by atoms with van der Waals surface area (Å²) in [7, 11) is 0. The number of esters is 1. The van der Waals surface area contributed by atoms with Gasteiger partial charge in [-0.1, -0.05) is 44.7 Å². The molecule has 3 aliphatic rings. The van der Waals surface area contributed by atoms with E-state index in [1.165, 1.54) is 4.90 Å². The van der Waals surface area contributed by atoms with Gasteiger partial charge in [0.1, 0.15) is 23.4 Å². The summed E-state index contributed by atoms with van der Waals surface area (Å²) in [5.74, 6) is -2.96. The molecule has 1 saturated heterocycles. The molecule has 2 heterocycles. The van der Waals surface area contributed by atoms with Crippen molar-refractivity contribution in [3.63, 3.8) is 0 Å². The van der Waals surface area contributed by atoms with Crippen molar-refractivity contribution >= 4 is 35.4 Å². The molecule has 13 heteroatoms. The fourth-order valence-electron chi connectivity index (χ4n) is 7.22. The summed E-state index contributed by atoms with van der Waals surface area (Å²) in [6, 6.07) is 4.38. The zero-order valence-electron chi connectivity index (χ0n) is 31.7. The van der Waals surface area contributed by atoms with E-state index >= 15 is 0 Å². The van der Waals surface area contributed by atoms with Crippen LogP contribution in [0.1, 0.15) is 111 Å². The van der Waals surface area contributed by atoms with Crippen LogP contribution in [-0.4, -0.2) is 95.4 Å². The zero-order valence-corrected chi connectivity index (χ0v) is 31.7. The summed E-state index contributed by atoms with van der Waals surface area (Å²) in [6.07, 6.45) is 5.30. The first-order valence-electron chi connectivity index (χ1n) is 18.9. The summed E-state index contributed by atoms with van der Waals surface area (Å²) in [6.45, 7) is 11.3. The highest BCUT2D eigenvalue weighted by atomic mass is 16.6. The molecule has 2 aliphatic heterocycles. The van der Waals surface area contributed by atoms with Crippen molar-refractivity contribution < 1.29 is 43.0 Å². The smallest absolute Gasteiger partial charge is 0.308 e. The third-order valence-corrected chi connectivity index (χ3v) is 9.74. The molecule has 4 amide bonds. The zero-order chi connectivity index (χ0) is 38.1. The third kappa shape index (κ3) is 12.0. The maximum absolute atomic E-state index is 14.6. The third-order valence-electron chi connectivity index (χ3n) is 9.74.